The van der Waals surface area contributed by atoms with Crippen molar-refractivity contribution in [2.24, 2.45) is 0 Å². The molecule has 0 aromatic heterocycles. The van der Waals surface area contributed by atoms with Crippen LogP contribution in [0.3, 0.4) is 0 Å². The summed E-state index contributed by atoms with van der Waals surface area (Å²) in [5.41, 5.74) is 1.55. The SMILES string of the molecule is CNS(=O)(=O)c1ccc(NC(=O)CCOc2ccccc2C)cc1. The number of ether oxygens (including phenoxy) is 1. The van der Waals surface area contributed by atoms with Gasteiger partial charge in [0.25, 0.3) is 0 Å². The Balaban J connectivity index is 1.85. The molecule has 0 spiro atoms. The lowest BCUT2D eigenvalue weighted by Gasteiger charge is -2.09. The molecule has 0 aliphatic rings. The van der Waals surface area contributed by atoms with E-state index in [4.69, 9.17) is 4.74 Å². The van der Waals surface area contributed by atoms with Crippen molar-refractivity contribution in [3.63, 3.8) is 0 Å². The molecule has 0 saturated heterocycles. The van der Waals surface area contributed by atoms with Crippen LogP contribution in [0.4, 0.5) is 5.69 Å². The predicted octanol–water partition coefficient (Wildman–Crippen LogP) is 2.31. The highest BCUT2D eigenvalue weighted by Crippen LogP contribution is 2.17. The molecule has 0 fully saturated rings. The summed E-state index contributed by atoms with van der Waals surface area (Å²) in [5, 5.41) is 2.71. The largest absolute Gasteiger partial charge is 0.493 e. The van der Waals surface area contributed by atoms with Crippen molar-refractivity contribution in [2.45, 2.75) is 18.2 Å². The van der Waals surface area contributed by atoms with Crippen LogP contribution in [-0.2, 0) is 14.8 Å². The fourth-order valence-corrected chi connectivity index (χ4v) is 2.76. The topological polar surface area (TPSA) is 84.5 Å². The van der Waals surface area contributed by atoms with E-state index < -0.39 is 10.0 Å². The lowest BCUT2D eigenvalue weighted by molar-refractivity contribution is -0.116. The Bertz CT molecular complexity index is 802. The maximum atomic E-state index is 11.9. The highest BCUT2D eigenvalue weighted by atomic mass is 32.2. The number of carbonyl (C=O) groups is 1. The molecule has 0 aliphatic heterocycles. The molecular formula is C17H20N2O4S. The second-order valence-corrected chi connectivity index (χ2v) is 7.03. The van der Waals surface area contributed by atoms with Crippen molar-refractivity contribution in [2.75, 3.05) is 19.0 Å². The van der Waals surface area contributed by atoms with Crippen LogP contribution >= 0.6 is 0 Å². The van der Waals surface area contributed by atoms with Gasteiger partial charge in [0, 0.05) is 5.69 Å². The van der Waals surface area contributed by atoms with Gasteiger partial charge in [-0.1, -0.05) is 18.2 Å². The van der Waals surface area contributed by atoms with E-state index in [1.807, 2.05) is 31.2 Å². The van der Waals surface area contributed by atoms with Crippen LogP contribution in [0.15, 0.2) is 53.4 Å². The molecule has 128 valence electrons. The minimum atomic E-state index is -3.48. The first-order valence-corrected chi connectivity index (χ1v) is 8.92. The monoisotopic (exact) mass is 348 g/mol. The lowest BCUT2D eigenvalue weighted by Crippen LogP contribution is -2.19. The average molecular weight is 348 g/mol. The van der Waals surface area contributed by atoms with E-state index in [2.05, 4.69) is 10.0 Å². The van der Waals surface area contributed by atoms with E-state index in [0.717, 1.165) is 11.3 Å². The number of aryl methyl sites for hydroxylation is 1. The molecule has 2 rings (SSSR count). The van der Waals surface area contributed by atoms with Crippen LogP contribution in [0.1, 0.15) is 12.0 Å². The summed E-state index contributed by atoms with van der Waals surface area (Å²) < 4.78 is 31.1. The smallest absolute Gasteiger partial charge is 0.240 e. The Hall–Kier alpha value is -2.38. The minimum absolute atomic E-state index is 0.144. The van der Waals surface area contributed by atoms with Crippen molar-refractivity contribution in [1.29, 1.82) is 0 Å². The molecule has 0 unspecified atom stereocenters. The molecule has 2 N–H and O–H groups in total. The molecule has 7 heteroatoms. The number of rotatable bonds is 7. The molecule has 0 saturated carbocycles. The van der Waals surface area contributed by atoms with Gasteiger partial charge in [-0.05, 0) is 49.9 Å². The fraction of sp³-hybridized carbons (Fsp3) is 0.235. The fourth-order valence-electron chi connectivity index (χ4n) is 2.03. The molecule has 0 bridgehead atoms. The van der Waals surface area contributed by atoms with Gasteiger partial charge in [-0.2, -0.15) is 0 Å². The zero-order valence-electron chi connectivity index (χ0n) is 13.6. The van der Waals surface area contributed by atoms with Crippen LogP contribution in [0.2, 0.25) is 0 Å². The average Bonchev–Trinajstić information content (AvgIpc) is 2.57. The van der Waals surface area contributed by atoms with Crippen molar-refractivity contribution in [3.8, 4) is 5.75 Å². The minimum Gasteiger partial charge on any atom is -0.493 e. The molecule has 2 aromatic rings. The zero-order chi connectivity index (χ0) is 17.6. The molecule has 2 aromatic carbocycles. The van der Waals surface area contributed by atoms with Gasteiger partial charge in [0.2, 0.25) is 15.9 Å². The normalized spacial score (nSPS) is 11.1. The van der Waals surface area contributed by atoms with Gasteiger partial charge in [-0.3, -0.25) is 4.79 Å². The molecular weight excluding hydrogens is 328 g/mol. The predicted molar refractivity (Wildman–Crippen MR) is 92.6 cm³/mol. The molecule has 0 radical (unpaired) electrons. The van der Waals surface area contributed by atoms with Gasteiger partial charge in [0.1, 0.15) is 5.75 Å². The van der Waals surface area contributed by atoms with E-state index in [-0.39, 0.29) is 23.8 Å². The summed E-state index contributed by atoms with van der Waals surface area (Å²) in [6, 6.07) is 13.6. The first kappa shape index (κ1) is 18.0. The molecule has 0 atom stereocenters. The van der Waals surface area contributed by atoms with Gasteiger partial charge >= 0.3 is 0 Å². The quantitative estimate of drug-likeness (QED) is 0.804. The molecule has 0 aliphatic carbocycles. The summed E-state index contributed by atoms with van der Waals surface area (Å²) in [5.74, 6) is 0.555. The Morgan fingerprint density at radius 1 is 1.08 bits per heavy atom. The maximum Gasteiger partial charge on any atom is 0.240 e. The second-order valence-electron chi connectivity index (χ2n) is 5.14. The second kappa shape index (κ2) is 7.94. The van der Waals surface area contributed by atoms with E-state index in [9.17, 15) is 13.2 Å². The number of amides is 1. The van der Waals surface area contributed by atoms with Crippen LogP contribution in [0, 0.1) is 6.92 Å². The van der Waals surface area contributed by atoms with Crippen molar-refractivity contribution in [3.05, 3.63) is 54.1 Å². The Morgan fingerprint density at radius 2 is 1.75 bits per heavy atom. The lowest BCUT2D eigenvalue weighted by atomic mass is 10.2. The van der Waals surface area contributed by atoms with Gasteiger partial charge < -0.3 is 10.1 Å². The summed E-state index contributed by atoms with van der Waals surface area (Å²) in [4.78, 5) is 12.0. The van der Waals surface area contributed by atoms with Gasteiger partial charge in [-0.15, -0.1) is 0 Å². The molecule has 0 heterocycles. The van der Waals surface area contributed by atoms with Crippen LogP contribution in [-0.4, -0.2) is 28.0 Å². The number of para-hydroxylation sites is 1. The molecule has 24 heavy (non-hydrogen) atoms. The Labute approximate surface area is 141 Å². The highest BCUT2D eigenvalue weighted by Gasteiger charge is 2.11. The summed E-state index contributed by atoms with van der Waals surface area (Å²) in [6.45, 7) is 2.21. The van der Waals surface area contributed by atoms with Crippen LogP contribution in [0.25, 0.3) is 0 Å². The van der Waals surface area contributed by atoms with E-state index in [0.29, 0.717) is 5.69 Å². The van der Waals surface area contributed by atoms with E-state index >= 15 is 0 Å². The number of hydrogen-bond donors (Lipinski definition) is 2. The van der Waals surface area contributed by atoms with Gasteiger partial charge in [-0.25, -0.2) is 13.1 Å². The van der Waals surface area contributed by atoms with Crippen molar-refractivity contribution >= 4 is 21.6 Å². The summed E-state index contributed by atoms with van der Waals surface area (Å²) in [7, 11) is -2.13. The van der Waals surface area contributed by atoms with E-state index in [1.165, 1.54) is 19.2 Å². The number of benzene rings is 2. The van der Waals surface area contributed by atoms with Crippen molar-refractivity contribution < 1.29 is 17.9 Å². The zero-order valence-corrected chi connectivity index (χ0v) is 14.4. The Morgan fingerprint density at radius 3 is 2.38 bits per heavy atom. The molecule has 6 nitrogen and oxygen atoms in total. The maximum absolute atomic E-state index is 11.9. The number of nitrogens with one attached hydrogen (secondary N) is 2. The van der Waals surface area contributed by atoms with Crippen LogP contribution < -0.4 is 14.8 Å². The van der Waals surface area contributed by atoms with E-state index in [1.54, 1.807) is 12.1 Å². The van der Waals surface area contributed by atoms with Gasteiger partial charge in [0.15, 0.2) is 0 Å². The highest BCUT2D eigenvalue weighted by molar-refractivity contribution is 7.89. The van der Waals surface area contributed by atoms with Crippen LogP contribution in [0.5, 0.6) is 5.75 Å². The molecule has 1 amide bonds. The van der Waals surface area contributed by atoms with Gasteiger partial charge in [0.05, 0.1) is 17.9 Å². The third-order valence-corrected chi connectivity index (χ3v) is 4.83. The number of carbonyl (C=O) groups excluding carboxylic acids is 1. The third-order valence-electron chi connectivity index (χ3n) is 3.40. The Kier molecular flexibility index (Phi) is 5.94. The number of anilines is 1. The standard InChI is InChI=1S/C17H20N2O4S/c1-13-5-3-4-6-16(13)23-12-11-17(20)19-14-7-9-15(10-8-14)24(21,22)18-2/h3-10,18H,11-12H2,1-2H3,(H,19,20). The summed E-state index contributed by atoms with van der Waals surface area (Å²) in [6.07, 6.45) is 0.199. The third kappa shape index (κ3) is 4.81. The first-order valence-electron chi connectivity index (χ1n) is 7.44. The van der Waals surface area contributed by atoms with Crippen molar-refractivity contribution in [1.82, 2.24) is 4.72 Å². The first-order chi connectivity index (χ1) is 11.4. The summed E-state index contributed by atoms with van der Waals surface area (Å²) >= 11 is 0. The number of sulfonamides is 1. The number of hydrogen-bond acceptors (Lipinski definition) is 4.